The fourth-order valence-electron chi connectivity index (χ4n) is 3.00. The van der Waals surface area contributed by atoms with Crippen LogP contribution in [0.15, 0.2) is 59.9 Å². The van der Waals surface area contributed by atoms with Crippen LogP contribution >= 0.6 is 0 Å². The number of ether oxygens (including phenoxy) is 1. The van der Waals surface area contributed by atoms with E-state index >= 15 is 0 Å². The van der Waals surface area contributed by atoms with E-state index in [0.29, 0.717) is 27.6 Å². The minimum absolute atomic E-state index is 0.303. The number of hydrogen-bond acceptors (Lipinski definition) is 6. The molecule has 0 saturated heterocycles. The largest absolute Gasteiger partial charge is 0.481 e. The summed E-state index contributed by atoms with van der Waals surface area (Å²) in [5, 5.41) is -0.468. The molecule has 4 rings (SSSR count). The Balaban J connectivity index is 1.74. The molecule has 7 nitrogen and oxygen atoms in total. The standard InChI is InChI=1S/C21H20N4O3S/c1-13(2)29(26,27)16-7-4-14(5-8-16)18-12-24-21-20(25-18)17(11-23-21)15-6-9-19(28-3)22-10-15/h4-13H,1-3H3,(H,23,24). The molecule has 0 unspecified atom stereocenters. The molecule has 0 radical (unpaired) electrons. The molecule has 0 spiro atoms. The van der Waals surface area contributed by atoms with E-state index in [-0.39, 0.29) is 0 Å². The third-order valence-electron chi connectivity index (χ3n) is 4.74. The Morgan fingerprint density at radius 1 is 0.966 bits per heavy atom. The molecule has 0 fully saturated rings. The summed E-state index contributed by atoms with van der Waals surface area (Å²) in [4.78, 5) is 16.9. The van der Waals surface area contributed by atoms with E-state index in [1.807, 2.05) is 12.3 Å². The maximum atomic E-state index is 12.3. The molecular formula is C21H20N4O3S. The number of nitrogens with zero attached hydrogens (tertiary/aromatic N) is 3. The molecule has 3 heterocycles. The SMILES string of the molecule is COc1ccc(-c2c[nH]c3ncc(-c4ccc(S(=O)(=O)C(C)C)cc4)nc23)cn1. The summed E-state index contributed by atoms with van der Waals surface area (Å²) < 4.78 is 29.7. The fraction of sp³-hybridized carbons (Fsp3) is 0.190. The zero-order valence-electron chi connectivity index (χ0n) is 16.2. The topological polar surface area (TPSA) is 97.8 Å². The molecule has 8 heteroatoms. The van der Waals surface area contributed by atoms with Crippen molar-refractivity contribution in [3.05, 3.63) is 55.0 Å². The van der Waals surface area contributed by atoms with Gasteiger partial charge in [-0.15, -0.1) is 0 Å². The number of sulfone groups is 1. The Bertz CT molecular complexity index is 1260. The summed E-state index contributed by atoms with van der Waals surface area (Å²) in [6.07, 6.45) is 5.23. The van der Waals surface area contributed by atoms with Crippen LogP contribution in [0.5, 0.6) is 5.88 Å². The van der Waals surface area contributed by atoms with Crippen LogP contribution in [0.4, 0.5) is 0 Å². The lowest BCUT2D eigenvalue weighted by molar-refractivity contribution is 0.398. The number of pyridine rings is 1. The first-order valence-corrected chi connectivity index (χ1v) is 10.6. The Morgan fingerprint density at radius 2 is 1.69 bits per heavy atom. The Kier molecular flexibility index (Phi) is 4.79. The maximum absolute atomic E-state index is 12.3. The van der Waals surface area contributed by atoms with Crippen LogP contribution in [0.25, 0.3) is 33.5 Å². The Hall–Kier alpha value is -3.26. The van der Waals surface area contributed by atoms with Gasteiger partial charge in [-0.05, 0) is 32.0 Å². The normalized spacial score (nSPS) is 11.9. The molecule has 0 aliphatic heterocycles. The monoisotopic (exact) mass is 408 g/mol. The molecule has 0 amide bonds. The fourth-order valence-corrected chi connectivity index (χ4v) is 4.06. The molecule has 29 heavy (non-hydrogen) atoms. The summed E-state index contributed by atoms with van der Waals surface area (Å²) >= 11 is 0. The van der Waals surface area contributed by atoms with Crippen molar-refractivity contribution in [1.29, 1.82) is 0 Å². The van der Waals surface area contributed by atoms with Gasteiger partial charge in [0, 0.05) is 35.2 Å². The van der Waals surface area contributed by atoms with Crippen molar-refractivity contribution < 1.29 is 13.2 Å². The van der Waals surface area contributed by atoms with E-state index in [0.717, 1.165) is 16.7 Å². The van der Waals surface area contributed by atoms with E-state index in [1.54, 1.807) is 63.7 Å². The predicted octanol–water partition coefficient (Wildman–Crippen LogP) is 3.88. The first-order valence-electron chi connectivity index (χ1n) is 9.09. The van der Waals surface area contributed by atoms with Crippen molar-refractivity contribution in [3.63, 3.8) is 0 Å². The van der Waals surface area contributed by atoms with Crippen LogP contribution < -0.4 is 4.74 Å². The predicted molar refractivity (Wildman–Crippen MR) is 111 cm³/mol. The smallest absolute Gasteiger partial charge is 0.212 e. The van der Waals surface area contributed by atoms with Crippen molar-refractivity contribution >= 4 is 21.0 Å². The second kappa shape index (κ2) is 7.29. The highest BCUT2D eigenvalue weighted by Gasteiger charge is 2.19. The zero-order chi connectivity index (χ0) is 20.6. The third kappa shape index (κ3) is 3.47. The highest BCUT2D eigenvalue weighted by atomic mass is 32.2. The molecule has 0 atom stereocenters. The van der Waals surface area contributed by atoms with Crippen molar-refractivity contribution in [2.24, 2.45) is 0 Å². The summed E-state index contributed by atoms with van der Waals surface area (Å²) in [6.45, 7) is 3.34. The minimum atomic E-state index is -3.31. The number of nitrogens with one attached hydrogen (secondary N) is 1. The molecule has 4 aromatic rings. The molecular weight excluding hydrogens is 388 g/mol. The summed E-state index contributed by atoms with van der Waals surface area (Å²) in [5.74, 6) is 0.539. The average Bonchev–Trinajstić information content (AvgIpc) is 3.17. The van der Waals surface area contributed by atoms with Crippen LogP contribution in [0, 0.1) is 0 Å². The van der Waals surface area contributed by atoms with Gasteiger partial charge in [0.15, 0.2) is 15.5 Å². The van der Waals surface area contributed by atoms with Crippen LogP contribution in [0.3, 0.4) is 0 Å². The molecule has 0 bridgehead atoms. The van der Waals surface area contributed by atoms with Crippen LogP contribution in [0.1, 0.15) is 13.8 Å². The van der Waals surface area contributed by atoms with Crippen molar-refractivity contribution in [1.82, 2.24) is 19.9 Å². The van der Waals surface area contributed by atoms with Crippen molar-refractivity contribution in [3.8, 4) is 28.3 Å². The molecule has 1 N–H and O–H groups in total. The lowest BCUT2D eigenvalue weighted by Gasteiger charge is -2.08. The Morgan fingerprint density at radius 3 is 2.31 bits per heavy atom. The number of methoxy groups -OCH3 is 1. The van der Waals surface area contributed by atoms with Gasteiger partial charge in [-0.1, -0.05) is 12.1 Å². The van der Waals surface area contributed by atoms with E-state index in [2.05, 4.69) is 15.0 Å². The molecule has 0 aliphatic rings. The first-order chi connectivity index (χ1) is 13.9. The van der Waals surface area contributed by atoms with Crippen molar-refractivity contribution in [2.75, 3.05) is 7.11 Å². The van der Waals surface area contributed by atoms with Gasteiger partial charge in [-0.2, -0.15) is 0 Å². The van der Waals surface area contributed by atoms with Crippen LogP contribution in [-0.4, -0.2) is 40.7 Å². The third-order valence-corrected chi connectivity index (χ3v) is 6.91. The second-order valence-corrected chi connectivity index (χ2v) is 9.37. The molecule has 148 valence electrons. The van der Waals surface area contributed by atoms with Gasteiger partial charge in [0.25, 0.3) is 0 Å². The lowest BCUT2D eigenvalue weighted by Crippen LogP contribution is -2.13. The summed E-state index contributed by atoms with van der Waals surface area (Å²) in [7, 11) is -1.74. The number of hydrogen-bond donors (Lipinski definition) is 1. The molecule has 1 aromatic carbocycles. The highest BCUT2D eigenvalue weighted by molar-refractivity contribution is 7.92. The molecule has 0 saturated carbocycles. The first kappa shape index (κ1) is 19.1. The quantitative estimate of drug-likeness (QED) is 0.538. The van der Waals surface area contributed by atoms with E-state index in [1.165, 1.54) is 0 Å². The van der Waals surface area contributed by atoms with Crippen LogP contribution in [-0.2, 0) is 9.84 Å². The maximum Gasteiger partial charge on any atom is 0.212 e. The van der Waals surface area contributed by atoms with Gasteiger partial charge in [0.1, 0.15) is 5.52 Å². The van der Waals surface area contributed by atoms with Gasteiger partial charge in [0.05, 0.1) is 29.1 Å². The van der Waals surface area contributed by atoms with Gasteiger partial charge in [0.2, 0.25) is 5.88 Å². The molecule has 3 aromatic heterocycles. The van der Waals surface area contributed by atoms with Gasteiger partial charge in [-0.25, -0.2) is 23.4 Å². The number of aromatic amines is 1. The van der Waals surface area contributed by atoms with Gasteiger partial charge >= 0.3 is 0 Å². The minimum Gasteiger partial charge on any atom is -0.481 e. The summed E-state index contributed by atoms with van der Waals surface area (Å²) in [6, 6.07) is 10.4. The number of aromatic nitrogens is 4. The van der Waals surface area contributed by atoms with E-state index in [4.69, 9.17) is 9.72 Å². The van der Waals surface area contributed by atoms with Gasteiger partial charge in [-0.3, -0.25) is 0 Å². The Labute approximate surface area is 168 Å². The number of H-pyrrole nitrogens is 1. The number of fused-ring (bicyclic) bond motifs is 1. The van der Waals surface area contributed by atoms with Crippen LogP contribution in [0.2, 0.25) is 0 Å². The van der Waals surface area contributed by atoms with E-state index in [9.17, 15) is 8.42 Å². The van der Waals surface area contributed by atoms with Gasteiger partial charge < -0.3 is 9.72 Å². The number of rotatable bonds is 5. The second-order valence-electron chi connectivity index (χ2n) is 6.86. The average molecular weight is 408 g/mol. The lowest BCUT2D eigenvalue weighted by atomic mass is 10.1. The molecule has 0 aliphatic carbocycles. The van der Waals surface area contributed by atoms with Crippen molar-refractivity contribution in [2.45, 2.75) is 24.0 Å². The van der Waals surface area contributed by atoms with E-state index < -0.39 is 15.1 Å². The number of benzene rings is 1. The highest BCUT2D eigenvalue weighted by Crippen LogP contribution is 2.29. The summed E-state index contributed by atoms with van der Waals surface area (Å²) in [5.41, 5.74) is 4.60. The zero-order valence-corrected chi connectivity index (χ0v) is 17.1.